The van der Waals surface area contributed by atoms with Crippen molar-refractivity contribution in [3.05, 3.63) is 13.8 Å². The number of esters is 2. The van der Waals surface area contributed by atoms with Crippen LogP contribution in [0.3, 0.4) is 0 Å². The lowest BCUT2D eigenvalue weighted by molar-refractivity contribution is -0.870. The van der Waals surface area contributed by atoms with E-state index in [2.05, 4.69) is 13.8 Å². The maximum atomic E-state index is 12.0. The molecule has 0 rings (SSSR count). The van der Waals surface area contributed by atoms with Crippen molar-refractivity contribution in [2.75, 3.05) is 47.5 Å². The van der Waals surface area contributed by atoms with Crippen molar-refractivity contribution in [3.8, 4) is 0 Å². The average molecular weight is 440 g/mol. The molecule has 0 aromatic carbocycles. The molecular weight excluding hydrogens is 401 g/mol. The van der Waals surface area contributed by atoms with Gasteiger partial charge < -0.3 is 32.7 Å². The Hall–Kier alpha value is -0.990. The van der Waals surface area contributed by atoms with E-state index in [1.807, 2.05) is 21.1 Å². The molecular formula is C19H39NO8P-. The Morgan fingerprint density at radius 3 is 2.21 bits per heavy atom. The minimum absolute atomic E-state index is 0. The van der Waals surface area contributed by atoms with E-state index >= 15 is 0 Å². The van der Waals surface area contributed by atoms with Crippen molar-refractivity contribution in [1.82, 2.24) is 0 Å². The molecule has 0 aliphatic rings. The van der Waals surface area contributed by atoms with Crippen molar-refractivity contribution < 1.29 is 43.5 Å². The summed E-state index contributed by atoms with van der Waals surface area (Å²) in [5.41, 5.74) is 0. The third kappa shape index (κ3) is 17.6. The summed E-state index contributed by atoms with van der Waals surface area (Å²) in [7, 11) is 1.42. The normalized spacial score (nSPS) is 14.8. The molecule has 0 fully saturated rings. The standard InChI is InChI=1S/C19H37NO8P.H2/c1-6-8-10-12-19(22)28-17(15-25-18(21)11-9-7-2)16-27-29(23,24)26-14-13-20(3,4)5;/h17H,1-2,6-16H2,3-5H3,(H,23,24);1H/q-1;/t17-;/m0./s1. The molecule has 0 saturated carbocycles. The monoisotopic (exact) mass is 440 g/mol. The Morgan fingerprint density at radius 2 is 1.62 bits per heavy atom. The summed E-state index contributed by atoms with van der Waals surface area (Å²) in [6, 6.07) is 0. The van der Waals surface area contributed by atoms with Crippen molar-refractivity contribution in [2.24, 2.45) is 0 Å². The number of nitrogens with zero attached hydrogens (tertiary/aromatic N) is 1. The van der Waals surface area contributed by atoms with Gasteiger partial charge in [0.2, 0.25) is 0 Å². The molecule has 0 aromatic rings. The predicted molar refractivity (Wildman–Crippen MR) is 111 cm³/mol. The lowest BCUT2D eigenvalue weighted by atomic mass is 10.2. The molecule has 0 amide bonds. The van der Waals surface area contributed by atoms with E-state index in [1.165, 1.54) is 0 Å². The van der Waals surface area contributed by atoms with E-state index in [0.717, 1.165) is 6.42 Å². The van der Waals surface area contributed by atoms with Crippen LogP contribution in [0.4, 0.5) is 0 Å². The van der Waals surface area contributed by atoms with Crippen LogP contribution < -0.4 is 0 Å². The third-order valence-electron chi connectivity index (χ3n) is 3.68. The zero-order valence-corrected chi connectivity index (χ0v) is 18.9. The molecule has 0 heterocycles. The molecule has 29 heavy (non-hydrogen) atoms. The third-order valence-corrected chi connectivity index (χ3v) is 4.66. The van der Waals surface area contributed by atoms with Gasteiger partial charge in [-0.05, 0) is 6.42 Å². The fourth-order valence-corrected chi connectivity index (χ4v) is 2.72. The molecule has 0 aliphatic heterocycles. The first-order chi connectivity index (χ1) is 13.5. The molecule has 9 nitrogen and oxygen atoms in total. The molecule has 0 bridgehead atoms. The van der Waals surface area contributed by atoms with Gasteiger partial charge in [0, 0.05) is 14.3 Å². The van der Waals surface area contributed by atoms with Crippen LogP contribution in [-0.2, 0) is 32.7 Å². The summed E-state index contributed by atoms with van der Waals surface area (Å²) in [5, 5.41) is 0. The topological polar surface area (TPSA) is 108 Å². The summed E-state index contributed by atoms with van der Waals surface area (Å²) in [4.78, 5) is 33.4. The van der Waals surface area contributed by atoms with Crippen molar-refractivity contribution in [2.45, 2.75) is 51.0 Å². The van der Waals surface area contributed by atoms with Gasteiger partial charge in [0.05, 0.1) is 27.7 Å². The van der Waals surface area contributed by atoms with Crippen LogP contribution in [0.25, 0.3) is 0 Å². The molecule has 0 aromatic heterocycles. The Bertz CT molecular complexity index is 527. The van der Waals surface area contributed by atoms with Crippen molar-refractivity contribution in [1.29, 1.82) is 0 Å². The van der Waals surface area contributed by atoms with Crippen LogP contribution in [0.5, 0.6) is 0 Å². The number of hydrogen-bond donors (Lipinski definition) is 1. The second kappa shape index (κ2) is 14.9. The first-order valence-electron chi connectivity index (χ1n) is 9.85. The van der Waals surface area contributed by atoms with Gasteiger partial charge in [-0.2, -0.15) is 12.8 Å². The number of unbranched alkanes of at least 4 members (excludes halogenated alkanes) is 3. The molecule has 0 saturated heterocycles. The van der Waals surface area contributed by atoms with Crippen LogP contribution in [0.15, 0.2) is 0 Å². The van der Waals surface area contributed by atoms with Crippen molar-refractivity contribution >= 4 is 19.8 Å². The highest BCUT2D eigenvalue weighted by Gasteiger charge is 2.26. The van der Waals surface area contributed by atoms with Gasteiger partial charge >= 0.3 is 19.8 Å². The highest BCUT2D eigenvalue weighted by molar-refractivity contribution is 7.47. The van der Waals surface area contributed by atoms with Crippen LogP contribution in [-0.4, -0.2) is 74.9 Å². The Kier molecular flexibility index (Phi) is 14.4. The molecule has 0 radical (unpaired) electrons. The van der Waals surface area contributed by atoms with Crippen LogP contribution >= 0.6 is 7.82 Å². The van der Waals surface area contributed by atoms with Crippen LogP contribution in [0.1, 0.15) is 46.4 Å². The lowest BCUT2D eigenvalue weighted by Crippen LogP contribution is -2.37. The summed E-state index contributed by atoms with van der Waals surface area (Å²) in [6.07, 6.45) is 2.65. The SMILES string of the molecule is [CH2-]CCCCC(=O)O[C@@H](COC(=O)CCC[CH2-])COP(=O)(O)OCC[N+](C)(C)C.[HH]. The molecule has 10 heteroatoms. The van der Waals surface area contributed by atoms with Gasteiger partial charge in [-0.1, -0.05) is 12.8 Å². The van der Waals surface area contributed by atoms with Gasteiger partial charge in [0.25, 0.3) is 0 Å². The zero-order valence-electron chi connectivity index (χ0n) is 18.0. The fraction of sp³-hybridized carbons (Fsp3) is 0.789. The van der Waals surface area contributed by atoms with E-state index in [0.29, 0.717) is 36.7 Å². The first kappa shape index (κ1) is 28.0. The van der Waals surface area contributed by atoms with Gasteiger partial charge in [-0.3, -0.25) is 18.6 Å². The number of carbonyl (C=O) groups excluding carboxylic acids is 2. The summed E-state index contributed by atoms with van der Waals surface area (Å²) >= 11 is 0. The first-order valence-corrected chi connectivity index (χ1v) is 11.3. The largest absolute Gasteiger partial charge is 0.472 e. The lowest BCUT2D eigenvalue weighted by Gasteiger charge is -2.24. The minimum Gasteiger partial charge on any atom is -0.462 e. The molecule has 1 unspecified atom stereocenters. The quantitative estimate of drug-likeness (QED) is 0.121. The van der Waals surface area contributed by atoms with Gasteiger partial charge in [-0.15, -0.1) is 0 Å². The number of phosphoric acid groups is 1. The molecule has 0 spiro atoms. The maximum absolute atomic E-state index is 12.0. The number of phosphoric ester groups is 1. The second-order valence-corrected chi connectivity index (χ2v) is 9.13. The molecule has 1 N–H and O–H groups in total. The smallest absolute Gasteiger partial charge is 0.462 e. The Morgan fingerprint density at radius 1 is 1.00 bits per heavy atom. The minimum atomic E-state index is -4.33. The number of ether oxygens (including phenoxy) is 2. The summed E-state index contributed by atoms with van der Waals surface area (Å²) in [5.74, 6) is -0.960. The summed E-state index contributed by atoms with van der Waals surface area (Å²) in [6.45, 7) is 7.18. The zero-order chi connectivity index (χ0) is 22.3. The van der Waals surface area contributed by atoms with E-state index in [1.54, 1.807) is 0 Å². The Labute approximate surface area is 176 Å². The van der Waals surface area contributed by atoms with E-state index in [-0.39, 0.29) is 27.5 Å². The van der Waals surface area contributed by atoms with Gasteiger partial charge in [-0.25, -0.2) is 4.57 Å². The van der Waals surface area contributed by atoms with Crippen LogP contribution in [0.2, 0.25) is 0 Å². The van der Waals surface area contributed by atoms with Gasteiger partial charge in [0.1, 0.15) is 19.8 Å². The predicted octanol–water partition coefficient (Wildman–Crippen LogP) is 2.93. The summed E-state index contributed by atoms with van der Waals surface area (Å²) < 4.78 is 32.8. The highest BCUT2D eigenvalue weighted by Crippen LogP contribution is 2.43. The van der Waals surface area contributed by atoms with E-state index in [9.17, 15) is 19.0 Å². The van der Waals surface area contributed by atoms with E-state index < -0.39 is 32.5 Å². The second-order valence-electron chi connectivity index (χ2n) is 7.67. The Balaban J connectivity index is 0. The highest BCUT2D eigenvalue weighted by atomic mass is 31.2. The number of hydrogen-bond acceptors (Lipinski definition) is 7. The maximum Gasteiger partial charge on any atom is 0.472 e. The number of carbonyl (C=O) groups is 2. The van der Waals surface area contributed by atoms with Crippen molar-refractivity contribution in [3.63, 3.8) is 0 Å². The van der Waals surface area contributed by atoms with Gasteiger partial charge in [0.15, 0.2) is 6.10 Å². The molecule has 2 atom stereocenters. The average Bonchev–Trinajstić information content (AvgIpc) is 2.61. The molecule has 0 aliphatic carbocycles. The van der Waals surface area contributed by atoms with E-state index in [4.69, 9.17) is 18.5 Å². The number of rotatable bonds is 17. The number of likely N-dealkylation sites (N-methyl/N-ethyl adjacent to an activating group) is 1. The number of quaternary nitrogens is 1. The fourth-order valence-electron chi connectivity index (χ4n) is 1.98. The van der Waals surface area contributed by atoms with Crippen LogP contribution in [0, 0.1) is 13.8 Å². The molecule has 174 valence electrons.